The summed E-state index contributed by atoms with van der Waals surface area (Å²) >= 11 is 0. The third-order valence-corrected chi connectivity index (χ3v) is 8.26. The van der Waals surface area contributed by atoms with Crippen molar-refractivity contribution in [2.75, 3.05) is 17.2 Å². The van der Waals surface area contributed by atoms with Crippen molar-refractivity contribution < 1.29 is 14.3 Å². The maximum Gasteiger partial charge on any atom is 0.407 e. The smallest absolute Gasteiger partial charge is 0.407 e. The summed E-state index contributed by atoms with van der Waals surface area (Å²) in [5.41, 5.74) is 8.43. The first-order valence-corrected chi connectivity index (χ1v) is 15.2. The van der Waals surface area contributed by atoms with Crippen LogP contribution in [0.25, 0.3) is 11.2 Å². The molecule has 3 aromatic rings. The molecule has 0 radical (unpaired) electrons. The highest BCUT2D eigenvalue weighted by Gasteiger charge is 2.27. The average Bonchev–Trinajstić information content (AvgIpc) is 3.43. The van der Waals surface area contributed by atoms with Crippen LogP contribution in [0.5, 0.6) is 0 Å². The zero-order chi connectivity index (χ0) is 29.7. The van der Waals surface area contributed by atoms with E-state index in [4.69, 9.17) is 15.5 Å². The third kappa shape index (κ3) is 7.96. The van der Waals surface area contributed by atoms with E-state index in [0.717, 1.165) is 74.6 Å². The topological polar surface area (TPSA) is 160 Å². The van der Waals surface area contributed by atoms with Gasteiger partial charge in [0.2, 0.25) is 5.95 Å². The number of nitrogens with two attached hydrogens (primary N) is 1. The predicted octanol–water partition coefficient (Wildman–Crippen LogP) is 5.68. The number of ether oxygens (including phenoxy) is 1. The van der Waals surface area contributed by atoms with E-state index in [2.05, 4.69) is 30.9 Å². The van der Waals surface area contributed by atoms with Crippen molar-refractivity contribution in [3.63, 3.8) is 0 Å². The van der Waals surface area contributed by atoms with Crippen LogP contribution in [0.2, 0.25) is 0 Å². The van der Waals surface area contributed by atoms with E-state index in [1.807, 2.05) is 45.0 Å². The van der Waals surface area contributed by atoms with Crippen molar-refractivity contribution in [2.45, 2.75) is 96.2 Å². The molecule has 11 heteroatoms. The molecule has 0 saturated heterocycles. The van der Waals surface area contributed by atoms with Crippen LogP contribution < -0.4 is 21.7 Å². The molecule has 2 aliphatic carbocycles. The van der Waals surface area contributed by atoms with Crippen LogP contribution >= 0.6 is 0 Å². The lowest BCUT2D eigenvalue weighted by molar-refractivity contribution is 0.0523. The third-order valence-electron chi connectivity index (χ3n) is 8.26. The van der Waals surface area contributed by atoms with Crippen LogP contribution in [0, 0.1) is 11.8 Å². The zero-order valence-corrected chi connectivity index (χ0v) is 24.9. The Morgan fingerprint density at radius 2 is 1.71 bits per heavy atom. The van der Waals surface area contributed by atoms with Gasteiger partial charge in [-0.15, -0.1) is 0 Å². The summed E-state index contributed by atoms with van der Waals surface area (Å²) in [6.07, 6.45) is 9.84. The lowest BCUT2D eigenvalue weighted by Crippen LogP contribution is -2.34. The number of amides is 1. The fraction of sp³-hybridized carbons (Fsp3) is 0.581. The minimum absolute atomic E-state index is 0.0355. The van der Waals surface area contributed by atoms with Crippen molar-refractivity contribution in [1.82, 2.24) is 25.3 Å². The predicted molar refractivity (Wildman–Crippen MR) is 164 cm³/mol. The Morgan fingerprint density at radius 3 is 2.40 bits per heavy atom. The lowest BCUT2D eigenvalue weighted by Gasteiger charge is -2.28. The van der Waals surface area contributed by atoms with Crippen molar-refractivity contribution in [3.05, 3.63) is 36.2 Å². The molecule has 1 amide bonds. The summed E-state index contributed by atoms with van der Waals surface area (Å²) in [4.78, 5) is 41.9. The van der Waals surface area contributed by atoms with Gasteiger partial charge in [-0.2, -0.15) is 9.97 Å². The number of alkyl carbamates (subject to hydrolysis) is 1. The Hall–Kier alpha value is -3.73. The molecule has 2 fully saturated rings. The van der Waals surface area contributed by atoms with E-state index >= 15 is 0 Å². The molecule has 2 aromatic heterocycles. The number of carbonyl (C=O) groups excluding carboxylic acids is 2. The van der Waals surface area contributed by atoms with Crippen molar-refractivity contribution in [3.8, 4) is 0 Å². The number of aromatic amines is 1. The second kappa shape index (κ2) is 13.1. The summed E-state index contributed by atoms with van der Waals surface area (Å²) in [7, 11) is 0. The summed E-state index contributed by atoms with van der Waals surface area (Å²) < 4.78 is 5.30. The van der Waals surface area contributed by atoms with Crippen LogP contribution in [0.3, 0.4) is 0 Å². The van der Waals surface area contributed by atoms with Crippen LogP contribution in [-0.2, 0) is 4.74 Å². The van der Waals surface area contributed by atoms with E-state index in [-0.39, 0.29) is 23.8 Å². The molecule has 0 atom stereocenters. The van der Waals surface area contributed by atoms with Gasteiger partial charge in [0.05, 0.1) is 6.33 Å². The zero-order valence-electron chi connectivity index (χ0n) is 24.9. The lowest BCUT2D eigenvalue weighted by atomic mass is 9.77. The van der Waals surface area contributed by atoms with Crippen LogP contribution in [0.1, 0.15) is 88.9 Å². The number of hydrogen-bond acceptors (Lipinski definition) is 9. The highest BCUT2D eigenvalue weighted by Crippen LogP contribution is 2.33. The van der Waals surface area contributed by atoms with Gasteiger partial charge >= 0.3 is 6.09 Å². The minimum atomic E-state index is -0.496. The summed E-state index contributed by atoms with van der Waals surface area (Å²) in [5, 5.41) is 9.68. The number of rotatable bonds is 9. The largest absolute Gasteiger partial charge is 0.444 e. The van der Waals surface area contributed by atoms with Gasteiger partial charge in [0.25, 0.3) is 0 Å². The van der Waals surface area contributed by atoms with Gasteiger partial charge in [0.1, 0.15) is 11.1 Å². The van der Waals surface area contributed by atoms with Gasteiger partial charge in [-0.1, -0.05) is 0 Å². The Kier molecular flexibility index (Phi) is 9.25. The Labute approximate surface area is 247 Å². The van der Waals surface area contributed by atoms with Crippen LogP contribution in [-0.4, -0.2) is 56.0 Å². The number of fused-ring (bicyclic) bond motifs is 1. The molecule has 0 spiro atoms. The normalized spacial score (nSPS) is 22.9. The summed E-state index contributed by atoms with van der Waals surface area (Å²) in [6, 6.07) is 8.18. The molecule has 226 valence electrons. The number of H-pyrrole nitrogens is 1. The van der Waals surface area contributed by atoms with E-state index < -0.39 is 5.60 Å². The molecule has 2 saturated carbocycles. The fourth-order valence-corrected chi connectivity index (χ4v) is 5.93. The second-order valence-electron chi connectivity index (χ2n) is 12.8. The average molecular weight is 577 g/mol. The number of Topliss-reactive ketones (excluding diaryl/α,β-unsaturated/α-hetero) is 1. The van der Waals surface area contributed by atoms with Crippen LogP contribution in [0.4, 0.5) is 22.2 Å². The Balaban J connectivity index is 1.13. The number of hydrogen-bond donors (Lipinski definition) is 5. The van der Waals surface area contributed by atoms with E-state index in [9.17, 15) is 9.59 Å². The van der Waals surface area contributed by atoms with Gasteiger partial charge in [0, 0.05) is 35.8 Å². The maximum atomic E-state index is 13.3. The molecular weight excluding hydrogens is 532 g/mol. The second-order valence-corrected chi connectivity index (χ2v) is 12.8. The summed E-state index contributed by atoms with van der Waals surface area (Å²) in [5.74, 6) is 1.92. The van der Waals surface area contributed by atoms with Gasteiger partial charge < -0.3 is 31.4 Å². The monoisotopic (exact) mass is 576 g/mol. The van der Waals surface area contributed by atoms with Crippen molar-refractivity contribution in [1.29, 1.82) is 0 Å². The number of ketones is 1. The Morgan fingerprint density at radius 1 is 1.00 bits per heavy atom. The molecule has 6 N–H and O–H groups in total. The first kappa shape index (κ1) is 29.8. The molecule has 0 bridgehead atoms. The molecule has 2 heterocycles. The molecule has 1 aromatic carbocycles. The molecule has 5 rings (SSSR count). The van der Waals surface area contributed by atoms with E-state index in [1.54, 1.807) is 6.33 Å². The fourth-order valence-electron chi connectivity index (χ4n) is 5.93. The number of benzene rings is 1. The molecule has 0 unspecified atom stereocenters. The molecule has 0 aliphatic heterocycles. The number of nitrogens with zero attached hydrogens (tertiary/aromatic N) is 3. The first-order valence-electron chi connectivity index (χ1n) is 15.2. The summed E-state index contributed by atoms with van der Waals surface area (Å²) in [6.45, 7) is 6.16. The quantitative estimate of drug-likeness (QED) is 0.202. The molecule has 11 nitrogen and oxygen atoms in total. The van der Waals surface area contributed by atoms with Gasteiger partial charge in [0.15, 0.2) is 17.2 Å². The number of carbonyl (C=O) groups is 2. The van der Waals surface area contributed by atoms with Crippen molar-refractivity contribution >= 4 is 40.5 Å². The van der Waals surface area contributed by atoms with Gasteiger partial charge in [-0.05, 0) is 109 Å². The maximum absolute atomic E-state index is 13.3. The highest BCUT2D eigenvalue weighted by molar-refractivity contribution is 5.98. The Bertz CT molecular complexity index is 1350. The number of aromatic nitrogens is 4. The first-order chi connectivity index (χ1) is 20.1. The minimum Gasteiger partial charge on any atom is -0.444 e. The van der Waals surface area contributed by atoms with Crippen LogP contribution in [0.15, 0.2) is 30.6 Å². The molecular formula is C31H44N8O3. The van der Waals surface area contributed by atoms with Crippen molar-refractivity contribution in [2.24, 2.45) is 17.6 Å². The number of nitrogens with one attached hydrogen (secondary N) is 4. The van der Waals surface area contributed by atoms with E-state index in [0.29, 0.717) is 35.9 Å². The molecule has 2 aliphatic rings. The molecule has 42 heavy (non-hydrogen) atoms. The SMILES string of the molecule is CC(C)(C)OC(=O)NCCC1CCC(C(=O)c2ccc(Nc3nc(NC4CCC(N)CC4)nc4nc[nH]c34)cc2)CC1. The highest BCUT2D eigenvalue weighted by atomic mass is 16.6. The van der Waals surface area contributed by atoms with Gasteiger partial charge in [-0.25, -0.2) is 9.78 Å². The van der Waals surface area contributed by atoms with Gasteiger partial charge in [-0.3, -0.25) is 4.79 Å². The number of imidazole rings is 1. The standard InChI is InChI=1S/C31H44N8O3/c1-31(2,3)42-30(41)33-17-16-19-4-6-20(7-5-19)26(40)21-8-12-23(13-9-21)36-28-25-27(35-18-34-25)38-29(39-28)37-24-14-10-22(32)11-15-24/h8-9,12-13,18-20,22,24H,4-7,10-11,14-17,32H2,1-3H3,(H,33,41)(H3,34,35,36,37,38,39). The van der Waals surface area contributed by atoms with E-state index in [1.165, 1.54) is 0 Å². The number of anilines is 3.